The van der Waals surface area contributed by atoms with Gasteiger partial charge in [-0.2, -0.15) is 0 Å². The van der Waals surface area contributed by atoms with Crippen molar-refractivity contribution in [2.24, 2.45) is 5.73 Å². The third-order valence-corrected chi connectivity index (χ3v) is 2.95. The van der Waals surface area contributed by atoms with E-state index >= 15 is 0 Å². The van der Waals surface area contributed by atoms with Crippen LogP contribution in [-0.4, -0.2) is 67.4 Å². The van der Waals surface area contributed by atoms with Gasteiger partial charge in [0.15, 0.2) is 0 Å². The number of amides is 4. The van der Waals surface area contributed by atoms with Crippen molar-refractivity contribution >= 4 is 24.0 Å². The predicted octanol–water partition coefficient (Wildman–Crippen LogP) is -0.0144. The number of alkyl carbamates (subject to hydrolysis) is 2. The summed E-state index contributed by atoms with van der Waals surface area (Å²) in [4.78, 5) is 46.6. The number of nitrogens with one attached hydrogen (secondary N) is 4. The van der Waals surface area contributed by atoms with Crippen molar-refractivity contribution in [1.29, 1.82) is 0 Å². The lowest BCUT2D eigenvalue weighted by Crippen LogP contribution is -2.46. The van der Waals surface area contributed by atoms with E-state index in [1.165, 1.54) is 0 Å². The average Bonchev–Trinajstić information content (AvgIpc) is 2.52. The van der Waals surface area contributed by atoms with Gasteiger partial charge in [-0.1, -0.05) is 0 Å². The first-order chi connectivity index (χ1) is 13.2. The molecule has 11 nitrogen and oxygen atoms in total. The molecular formula is C18H35N5O6. The highest BCUT2D eigenvalue weighted by atomic mass is 16.6. The molecule has 0 fully saturated rings. The Morgan fingerprint density at radius 1 is 0.724 bits per heavy atom. The summed E-state index contributed by atoms with van der Waals surface area (Å²) in [6.07, 6.45) is -1.38. The molecule has 0 unspecified atom stereocenters. The Morgan fingerprint density at radius 2 is 1.10 bits per heavy atom. The summed E-state index contributed by atoms with van der Waals surface area (Å²) in [6, 6.07) is -1.03. The standard InChI is InChI=1S/C18H35N5O6/c1-17(2,3)28-15(26)22-9-7-20-13(24)11-12(19)14(25)21-8-10-23-16(27)29-18(4,5)6/h12H,7-11,19H2,1-6H3,(H,20,24)(H,21,25)(H,22,26)(H,23,27)/t12-/m0/s1. The fourth-order valence-electron chi connectivity index (χ4n) is 1.84. The van der Waals surface area contributed by atoms with Crippen LogP contribution in [-0.2, 0) is 19.1 Å². The molecule has 1 atom stereocenters. The zero-order chi connectivity index (χ0) is 22.7. The van der Waals surface area contributed by atoms with Crippen molar-refractivity contribution in [3.63, 3.8) is 0 Å². The van der Waals surface area contributed by atoms with Crippen LogP contribution in [0, 0.1) is 0 Å². The fourth-order valence-corrected chi connectivity index (χ4v) is 1.84. The highest BCUT2D eigenvalue weighted by molar-refractivity contribution is 5.88. The summed E-state index contributed by atoms with van der Waals surface area (Å²) in [5, 5.41) is 10.1. The molecule has 4 amide bonds. The van der Waals surface area contributed by atoms with Crippen LogP contribution in [0.3, 0.4) is 0 Å². The smallest absolute Gasteiger partial charge is 0.407 e. The molecule has 0 saturated heterocycles. The minimum absolute atomic E-state index is 0.146. The van der Waals surface area contributed by atoms with Crippen molar-refractivity contribution in [1.82, 2.24) is 21.3 Å². The lowest BCUT2D eigenvalue weighted by molar-refractivity contribution is -0.127. The second-order valence-electron chi connectivity index (χ2n) is 8.31. The Balaban J connectivity index is 3.92. The first kappa shape index (κ1) is 26.4. The van der Waals surface area contributed by atoms with E-state index in [4.69, 9.17) is 15.2 Å². The van der Waals surface area contributed by atoms with Crippen molar-refractivity contribution in [2.45, 2.75) is 65.2 Å². The molecule has 0 aliphatic carbocycles. The van der Waals surface area contributed by atoms with Crippen LogP contribution < -0.4 is 27.0 Å². The molecule has 0 radical (unpaired) electrons. The van der Waals surface area contributed by atoms with Crippen molar-refractivity contribution in [3.05, 3.63) is 0 Å². The van der Waals surface area contributed by atoms with Gasteiger partial charge >= 0.3 is 12.2 Å². The minimum Gasteiger partial charge on any atom is -0.444 e. The van der Waals surface area contributed by atoms with E-state index in [0.29, 0.717) is 0 Å². The largest absolute Gasteiger partial charge is 0.444 e. The molecule has 0 saturated carbocycles. The zero-order valence-electron chi connectivity index (χ0n) is 18.1. The molecule has 0 aromatic carbocycles. The summed E-state index contributed by atoms with van der Waals surface area (Å²) < 4.78 is 10.1. The van der Waals surface area contributed by atoms with Crippen molar-refractivity contribution in [2.75, 3.05) is 26.2 Å². The van der Waals surface area contributed by atoms with E-state index in [1.807, 2.05) is 0 Å². The average molecular weight is 418 g/mol. The number of carbonyl (C=O) groups excluding carboxylic acids is 4. The molecule has 0 aliphatic heterocycles. The van der Waals surface area contributed by atoms with Crippen LogP contribution in [0.1, 0.15) is 48.0 Å². The number of hydrogen-bond acceptors (Lipinski definition) is 7. The van der Waals surface area contributed by atoms with E-state index < -0.39 is 41.2 Å². The van der Waals surface area contributed by atoms with Gasteiger partial charge in [0.25, 0.3) is 0 Å². The fraction of sp³-hybridized carbons (Fsp3) is 0.778. The molecule has 11 heteroatoms. The van der Waals surface area contributed by atoms with Crippen LogP contribution in [0.2, 0.25) is 0 Å². The van der Waals surface area contributed by atoms with Crippen LogP contribution in [0.4, 0.5) is 9.59 Å². The molecule has 6 N–H and O–H groups in total. The van der Waals surface area contributed by atoms with Crippen molar-refractivity contribution in [3.8, 4) is 0 Å². The Bertz CT molecular complexity index is 568. The zero-order valence-corrected chi connectivity index (χ0v) is 18.1. The highest BCUT2D eigenvalue weighted by Crippen LogP contribution is 2.06. The van der Waals surface area contributed by atoms with E-state index in [9.17, 15) is 19.2 Å². The van der Waals surface area contributed by atoms with Crippen LogP contribution >= 0.6 is 0 Å². The molecule has 0 aromatic heterocycles. The van der Waals surface area contributed by atoms with Crippen LogP contribution in [0.5, 0.6) is 0 Å². The van der Waals surface area contributed by atoms with Gasteiger partial charge in [0.2, 0.25) is 11.8 Å². The van der Waals surface area contributed by atoms with Gasteiger partial charge in [0, 0.05) is 26.2 Å². The number of carbonyl (C=O) groups is 4. The Labute approximate surface area is 171 Å². The van der Waals surface area contributed by atoms with Gasteiger partial charge in [0.05, 0.1) is 12.5 Å². The summed E-state index contributed by atoms with van der Waals surface area (Å²) in [6.45, 7) is 11.1. The molecule has 168 valence electrons. The van der Waals surface area contributed by atoms with Crippen LogP contribution in [0.15, 0.2) is 0 Å². The van der Waals surface area contributed by atoms with E-state index in [-0.39, 0.29) is 32.6 Å². The Morgan fingerprint density at radius 3 is 1.52 bits per heavy atom. The predicted molar refractivity (Wildman–Crippen MR) is 107 cm³/mol. The third kappa shape index (κ3) is 16.1. The first-order valence-corrected chi connectivity index (χ1v) is 9.43. The summed E-state index contributed by atoms with van der Waals surface area (Å²) in [7, 11) is 0. The number of nitrogens with two attached hydrogens (primary N) is 1. The molecule has 0 aromatic rings. The summed E-state index contributed by atoms with van der Waals surface area (Å²) in [5.74, 6) is -0.941. The molecule has 0 bridgehead atoms. The van der Waals surface area contributed by atoms with Gasteiger partial charge in [-0.25, -0.2) is 9.59 Å². The molecular weight excluding hydrogens is 382 g/mol. The number of ether oxygens (including phenoxy) is 2. The second kappa shape index (κ2) is 12.1. The van der Waals surface area contributed by atoms with E-state index in [2.05, 4.69) is 21.3 Å². The number of hydrogen-bond donors (Lipinski definition) is 5. The maximum absolute atomic E-state index is 11.9. The van der Waals surface area contributed by atoms with Gasteiger partial charge in [-0.05, 0) is 41.5 Å². The minimum atomic E-state index is -1.03. The van der Waals surface area contributed by atoms with Gasteiger partial charge < -0.3 is 36.5 Å². The van der Waals surface area contributed by atoms with E-state index in [1.54, 1.807) is 41.5 Å². The first-order valence-electron chi connectivity index (χ1n) is 9.43. The van der Waals surface area contributed by atoms with E-state index in [0.717, 1.165) is 0 Å². The van der Waals surface area contributed by atoms with Gasteiger partial charge in [-0.15, -0.1) is 0 Å². The monoisotopic (exact) mass is 417 g/mol. The normalized spacial score (nSPS) is 12.4. The lowest BCUT2D eigenvalue weighted by atomic mass is 10.2. The van der Waals surface area contributed by atoms with Crippen LogP contribution in [0.25, 0.3) is 0 Å². The number of rotatable bonds is 9. The molecule has 0 rings (SSSR count). The maximum Gasteiger partial charge on any atom is 0.407 e. The van der Waals surface area contributed by atoms with Gasteiger partial charge in [0.1, 0.15) is 11.2 Å². The Hall–Kier alpha value is -2.56. The van der Waals surface area contributed by atoms with Gasteiger partial charge in [-0.3, -0.25) is 9.59 Å². The second-order valence-corrected chi connectivity index (χ2v) is 8.31. The molecule has 0 heterocycles. The van der Waals surface area contributed by atoms with Crippen molar-refractivity contribution < 1.29 is 28.7 Å². The highest BCUT2D eigenvalue weighted by Gasteiger charge is 2.19. The maximum atomic E-state index is 11.9. The quantitative estimate of drug-likeness (QED) is 0.330. The third-order valence-electron chi connectivity index (χ3n) is 2.95. The summed E-state index contributed by atoms with van der Waals surface area (Å²) >= 11 is 0. The lowest BCUT2D eigenvalue weighted by Gasteiger charge is -2.20. The molecule has 0 spiro atoms. The summed E-state index contributed by atoms with van der Waals surface area (Å²) in [5.41, 5.74) is 4.48. The molecule has 29 heavy (non-hydrogen) atoms. The SMILES string of the molecule is CC(C)(C)OC(=O)NCCNC(=O)C[C@H](N)C(=O)NCCNC(=O)OC(C)(C)C. The molecule has 0 aliphatic rings. The Kier molecular flexibility index (Phi) is 11.0. The topological polar surface area (TPSA) is 161 Å².